The summed E-state index contributed by atoms with van der Waals surface area (Å²) in [5.41, 5.74) is 0.174. The summed E-state index contributed by atoms with van der Waals surface area (Å²) >= 11 is 5.57. The van der Waals surface area contributed by atoms with Crippen LogP contribution in [0.4, 0.5) is 0 Å². The number of aliphatic carboxylic acids is 1. The third-order valence-corrected chi connectivity index (χ3v) is 1.56. The Morgan fingerprint density at radius 1 is 1.70 bits per heavy atom. The summed E-state index contributed by atoms with van der Waals surface area (Å²) in [5, 5.41) is 8.82. The molecule has 0 aromatic heterocycles. The number of carbonyl (C=O) groups is 1. The highest BCUT2D eigenvalue weighted by atomic mass is 35.5. The number of carboxylic acids is 1. The smallest absolute Gasteiger partial charge is 0.336 e. The van der Waals surface area contributed by atoms with Gasteiger partial charge in [0.05, 0.1) is 5.57 Å². The van der Waals surface area contributed by atoms with E-state index in [0.29, 0.717) is 5.03 Å². The maximum absolute atomic E-state index is 10.4. The van der Waals surface area contributed by atoms with Gasteiger partial charge in [-0.3, -0.25) is 0 Å². The van der Waals surface area contributed by atoms with Crippen LogP contribution in [0.25, 0.3) is 0 Å². The van der Waals surface area contributed by atoms with Crippen LogP contribution in [0.1, 0.15) is 6.42 Å². The van der Waals surface area contributed by atoms with E-state index in [4.69, 9.17) is 16.7 Å². The summed E-state index contributed by atoms with van der Waals surface area (Å²) in [5.74, 6) is -0.975. The van der Waals surface area contributed by atoms with E-state index in [9.17, 15) is 4.79 Å². The van der Waals surface area contributed by atoms with Gasteiger partial charge in [-0.1, -0.05) is 23.8 Å². The maximum Gasteiger partial charge on any atom is 0.336 e. The van der Waals surface area contributed by atoms with Crippen molar-refractivity contribution in [2.45, 2.75) is 6.42 Å². The normalized spacial score (nSPS) is 17.7. The molecule has 0 amide bonds. The number of halogens is 1. The molecule has 1 aliphatic rings. The molecule has 0 aromatic rings. The first-order valence-electron chi connectivity index (χ1n) is 2.84. The summed E-state index contributed by atoms with van der Waals surface area (Å²) in [6.07, 6.45) is 5.67. The first-order chi connectivity index (χ1) is 4.72. The second kappa shape index (κ2) is 2.88. The second-order valence-electron chi connectivity index (χ2n) is 1.91. The van der Waals surface area contributed by atoms with Crippen LogP contribution in [-0.2, 0) is 4.79 Å². The lowest BCUT2D eigenvalue weighted by molar-refractivity contribution is -0.132. The second-order valence-corrected chi connectivity index (χ2v) is 2.32. The Morgan fingerprint density at radius 2 is 2.40 bits per heavy atom. The van der Waals surface area contributed by atoms with Crippen molar-refractivity contribution in [2.24, 2.45) is 0 Å². The Bertz CT molecular complexity index is 216. The van der Waals surface area contributed by atoms with Crippen molar-refractivity contribution in [1.82, 2.24) is 0 Å². The van der Waals surface area contributed by atoms with Crippen LogP contribution in [0.15, 0.2) is 22.8 Å². The van der Waals surface area contributed by atoms with Gasteiger partial charge in [-0.05, 0) is 6.42 Å². The highest BCUT2D eigenvalue weighted by Crippen LogP contribution is 2.20. The molecule has 0 saturated carbocycles. The molecule has 10 heavy (non-hydrogen) atoms. The van der Waals surface area contributed by atoms with Gasteiger partial charge in [-0.2, -0.15) is 0 Å². The van der Waals surface area contributed by atoms with E-state index in [1.54, 1.807) is 12.5 Å². The number of hydrogen-bond donors (Lipinski definition) is 1. The minimum Gasteiger partial charge on any atom is -0.478 e. The third kappa shape index (κ3) is 1.39. The van der Waals surface area contributed by atoms with E-state index < -0.39 is 5.97 Å². The van der Waals surface area contributed by atoms with Gasteiger partial charge in [0, 0.05) is 11.5 Å². The van der Waals surface area contributed by atoms with E-state index in [1.165, 1.54) is 6.08 Å². The van der Waals surface area contributed by atoms with Crippen LogP contribution >= 0.6 is 11.6 Å². The number of carboxylic acid groups (broad SMARTS) is 1. The Balaban J connectivity index is 2.90. The van der Waals surface area contributed by atoms with E-state index in [-0.39, 0.29) is 5.57 Å². The van der Waals surface area contributed by atoms with E-state index in [0.717, 1.165) is 6.42 Å². The summed E-state index contributed by atoms with van der Waals surface area (Å²) in [7, 11) is 0. The molecule has 0 saturated heterocycles. The predicted octanol–water partition coefficient (Wildman–Crippen LogP) is 1.73. The molecule has 2 nitrogen and oxygen atoms in total. The van der Waals surface area contributed by atoms with Gasteiger partial charge in [0.25, 0.3) is 0 Å². The molecular formula is C7H6ClO2. The zero-order valence-corrected chi connectivity index (χ0v) is 5.93. The number of rotatable bonds is 1. The first kappa shape index (κ1) is 7.35. The van der Waals surface area contributed by atoms with Gasteiger partial charge in [0.15, 0.2) is 0 Å². The van der Waals surface area contributed by atoms with Crippen molar-refractivity contribution >= 4 is 17.6 Å². The van der Waals surface area contributed by atoms with Crippen LogP contribution < -0.4 is 0 Å². The van der Waals surface area contributed by atoms with Crippen LogP contribution in [0.3, 0.4) is 0 Å². The lowest BCUT2D eigenvalue weighted by atomic mass is 10.1. The minimum atomic E-state index is -0.975. The van der Waals surface area contributed by atoms with Crippen molar-refractivity contribution in [2.75, 3.05) is 0 Å². The SMILES string of the molecule is O=C(O)C1=C(Cl)[CH]CC=C1. The Labute approximate surface area is 63.8 Å². The molecule has 0 aliphatic heterocycles. The molecule has 0 heterocycles. The van der Waals surface area contributed by atoms with Crippen LogP contribution in [0.2, 0.25) is 0 Å². The molecule has 0 bridgehead atoms. The molecule has 53 valence electrons. The largest absolute Gasteiger partial charge is 0.478 e. The fourth-order valence-electron chi connectivity index (χ4n) is 0.720. The zero-order valence-electron chi connectivity index (χ0n) is 5.17. The Morgan fingerprint density at radius 3 is 2.80 bits per heavy atom. The standard InChI is InChI=1S/C7H6ClO2/c8-6-4-2-1-3-5(6)7(9)10/h1,3-4H,2H2,(H,9,10). The predicted molar refractivity (Wildman–Crippen MR) is 38.6 cm³/mol. The molecule has 1 N–H and O–H groups in total. The molecule has 0 unspecified atom stereocenters. The van der Waals surface area contributed by atoms with Crippen molar-refractivity contribution < 1.29 is 9.90 Å². The van der Waals surface area contributed by atoms with Crippen LogP contribution in [0.5, 0.6) is 0 Å². The lowest BCUT2D eigenvalue weighted by Crippen LogP contribution is -2.02. The molecule has 0 aromatic carbocycles. The fraction of sp³-hybridized carbons (Fsp3) is 0.143. The summed E-state index contributed by atoms with van der Waals surface area (Å²) in [4.78, 5) is 10.4. The van der Waals surface area contributed by atoms with Crippen molar-refractivity contribution in [3.63, 3.8) is 0 Å². The maximum atomic E-state index is 10.4. The Hall–Kier alpha value is -0.760. The lowest BCUT2D eigenvalue weighted by Gasteiger charge is -2.04. The molecule has 0 fully saturated rings. The molecule has 3 heteroatoms. The molecule has 1 rings (SSSR count). The van der Waals surface area contributed by atoms with Gasteiger partial charge in [0.2, 0.25) is 0 Å². The fourth-order valence-corrected chi connectivity index (χ4v) is 0.953. The quantitative estimate of drug-likeness (QED) is 0.630. The molecule has 1 radical (unpaired) electrons. The van der Waals surface area contributed by atoms with E-state index in [1.807, 2.05) is 0 Å². The van der Waals surface area contributed by atoms with Crippen LogP contribution in [-0.4, -0.2) is 11.1 Å². The van der Waals surface area contributed by atoms with E-state index in [2.05, 4.69) is 0 Å². The van der Waals surface area contributed by atoms with Gasteiger partial charge < -0.3 is 5.11 Å². The summed E-state index contributed by atoms with van der Waals surface area (Å²) in [6.45, 7) is 0. The van der Waals surface area contributed by atoms with Crippen molar-refractivity contribution in [3.05, 3.63) is 29.2 Å². The van der Waals surface area contributed by atoms with Crippen molar-refractivity contribution in [1.29, 1.82) is 0 Å². The van der Waals surface area contributed by atoms with Gasteiger partial charge in [-0.15, -0.1) is 0 Å². The number of allylic oxidation sites excluding steroid dienone is 2. The Kier molecular flexibility index (Phi) is 2.12. The molecule has 0 spiro atoms. The van der Waals surface area contributed by atoms with E-state index >= 15 is 0 Å². The molecular weight excluding hydrogens is 152 g/mol. The third-order valence-electron chi connectivity index (χ3n) is 1.21. The monoisotopic (exact) mass is 157 g/mol. The van der Waals surface area contributed by atoms with Crippen molar-refractivity contribution in [3.8, 4) is 0 Å². The highest BCUT2D eigenvalue weighted by molar-refractivity contribution is 6.33. The summed E-state index contributed by atoms with van der Waals surface area (Å²) < 4.78 is 0. The zero-order chi connectivity index (χ0) is 7.56. The average Bonchev–Trinajstić information content (AvgIpc) is 1.88. The van der Waals surface area contributed by atoms with Gasteiger partial charge in [-0.25, -0.2) is 4.79 Å². The highest BCUT2D eigenvalue weighted by Gasteiger charge is 2.11. The number of hydrogen-bond acceptors (Lipinski definition) is 1. The first-order valence-corrected chi connectivity index (χ1v) is 3.22. The average molecular weight is 158 g/mol. The summed E-state index contributed by atoms with van der Waals surface area (Å²) in [6, 6.07) is 0. The van der Waals surface area contributed by atoms with Crippen LogP contribution in [0, 0.1) is 6.42 Å². The minimum absolute atomic E-state index is 0.174. The molecule has 0 atom stereocenters. The van der Waals surface area contributed by atoms with Gasteiger partial charge >= 0.3 is 5.97 Å². The topological polar surface area (TPSA) is 37.3 Å². The molecule has 1 aliphatic carbocycles. The van der Waals surface area contributed by atoms with Gasteiger partial charge in [0.1, 0.15) is 0 Å².